The molecule has 1 amide bonds. The Bertz CT molecular complexity index is 856. The van der Waals surface area contributed by atoms with Gasteiger partial charge in [0.25, 0.3) is 5.91 Å². The highest BCUT2D eigenvalue weighted by molar-refractivity contribution is 7.10. The van der Waals surface area contributed by atoms with Crippen LogP contribution in [0.25, 0.3) is 0 Å². The topological polar surface area (TPSA) is 42.0 Å². The maximum Gasteiger partial charge on any atom is 0.254 e. The van der Waals surface area contributed by atoms with E-state index < -0.39 is 0 Å². The molecule has 1 aliphatic carbocycles. The zero-order valence-electron chi connectivity index (χ0n) is 18.9. The van der Waals surface area contributed by atoms with Crippen LogP contribution in [-0.4, -0.2) is 55.1 Å². The molecule has 1 saturated carbocycles. The van der Waals surface area contributed by atoms with Gasteiger partial charge in [0.15, 0.2) is 11.5 Å². The number of hydrogen-bond acceptors (Lipinski definition) is 5. The van der Waals surface area contributed by atoms with E-state index in [1.165, 1.54) is 30.6 Å². The van der Waals surface area contributed by atoms with Crippen molar-refractivity contribution in [3.05, 3.63) is 46.2 Å². The lowest BCUT2D eigenvalue weighted by Gasteiger charge is -2.36. The van der Waals surface area contributed by atoms with Crippen LogP contribution in [0, 0.1) is 0 Å². The molecule has 0 radical (unpaired) electrons. The molecule has 1 saturated heterocycles. The van der Waals surface area contributed by atoms with Gasteiger partial charge in [-0.3, -0.25) is 4.79 Å². The van der Waals surface area contributed by atoms with E-state index in [0.29, 0.717) is 11.3 Å². The summed E-state index contributed by atoms with van der Waals surface area (Å²) in [5.74, 6) is 1.34. The van der Waals surface area contributed by atoms with E-state index in [1.807, 2.05) is 36.7 Å². The van der Waals surface area contributed by atoms with Crippen molar-refractivity contribution in [2.45, 2.75) is 63.6 Å². The largest absolute Gasteiger partial charge is 0.493 e. The number of methoxy groups -OCH3 is 1. The molecule has 2 fully saturated rings. The standard InChI is InChI=1S/C25H34N2O3S/c1-18(24-9-6-16-31-24)26(2)25(28)19-10-11-22(23(17-19)29-3)30-21-12-14-27(15-13-21)20-7-4-5-8-20/h6,9-11,16-18,20-21H,4-5,7-8,12-15H2,1-3H3. The number of hydrogen-bond donors (Lipinski definition) is 0. The van der Waals surface area contributed by atoms with Crippen molar-refractivity contribution in [1.82, 2.24) is 9.80 Å². The minimum absolute atomic E-state index is 0.0179. The highest BCUT2D eigenvalue weighted by Crippen LogP contribution is 2.33. The Labute approximate surface area is 189 Å². The van der Waals surface area contributed by atoms with E-state index in [4.69, 9.17) is 9.47 Å². The Morgan fingerprint density at radius 3 is 2.52 bits per heavy atom. The maximum absolute atomic E-state index is 13.0. The van der Waals surface area contributed by atoms with Gasteiger partial charge < -0.3 is 19.3 Å². The van der Waals surface area contributed by atoms with Gasteiger partial charge >= 0.3 is 0 Å². The van der Waals surface area contributed by atoms with Crippen LogP contribution in [0.4, 0.5) is 0 Å². The van der Waals surface area contributed by atoms with E-state index >= 15 is 0 Å². The zero-order chi connectivity index (χ0) is 21.8. The minimum Gasteiger partial charge on any atom is -0.493 e. The third-order valence-electron chi connectivity index (χ3n) is 6.88. The van der Waals surface area contributed by atoms with Gasteiger partial charge in [-0.1, -0.05) is 18.9 Å². The predicted molar refractivity (Wildman–Crippen MR) is 125 cm³/mol. The molecule has 1 aromatic heterocycles. The highest BCUT2D eigenvalue weighted by atomic mass is 32.1. The van der Waals surface area contributed by atoms with Gasteiger partial charge in [-0.05, 0) is 62.3 Å². The Morgan fingerprint density at radius 2 is 1.87 bits per heavy atom. The highest BCUT2D eigenvalue weighted by Gasteiger charge is 2.28. The summed E-state index contributed by atoms with van der Waals surface area (Å²) in [5.41, 5.74) is 0.617. The molecular weight excluding hydrogens is 408 g/mol. The monoisotopic (exact) mass is 442 g/mol. The summed E-state index contributed by atoms with van der Waals surface area (Å²) in [6, 6.07) is 10.4. The Kier molecular flexibility index (Phi) is 7.18. The van der Waals surface area contributed by atoms with Crippen molar-refractivity contribution < 1.29 is 14.3 Å². The van der Waals surface area contributed by atoms with Crippen molar-refractivity contribution >= 4 is 17.2 Å². The van der Waals surface area contributed by atoms with Gasteiger partial charge in [0, 0.05) is 36.6 Å². The van der Waals surface area contributed by atoms with Gasteiger partial charge in [-0.15, -0.1) is 11.3 Å². The molecule has 31 heavy (non-hydrogen) atoms. The summed E-state index contributed by atoms with van der Waals surface area (Å²) in [6.45, 7) is 4.27. The molecule has 5 nitrogen and oxygen atoms in total. The lowest BCUT2D eigenvalue weighted by molar-refractivity contribution is 0.0738. The third kappa shape index (κ3) is 5.07. The fourth-order valence-electron chi connectivity index (χ4n) is 4.81. The second kappa shape index (κ2) is 10.0. The van der Waals surface area contributed by atoms with Crippen molar-refractivity contribution in [3.8, 4) is 11.5 Å². The zero-order valence-corrected chi connectivity index (χ0v) is 19.7. The molecule has 0 N–H and O–H groups in total. The van der Waals surface area contributed by atoms with Gasteiger partial charge in [0.05, 0.1) is 13.2 Å². The van der Waals surface area contributed by atoms with E-state index in [2.05, 4.69) is 17.9 Å². The number of carbonyl (C=O) groups excluding carboxylic acids is 1. The molecule has 2 aliphatic rings. The van der Waals surface area contributed by atoms with E-state index in [1.54, 1.807) is 23.3 Å². The second-order valence-corrected chi connectivity index (χ2v) is 9.74. The van der Waals surface area contributed by atoms with Crippen LogP contribution in [-0.2, 0) is 0 Å². The predicted octanol–water partition coefficient (Wildman–Crippen LogP) is 5.38. The van der Waals surface area contributed by atoms with Crippen LogP contribution in [0.3, 0.4) is 0 Å². The van der Waals surface area contributed by atoms with Crippen molar-refractivity contribution in [1.29, 1.82) is 0 Å². The summed E-state index contributed by atoms with van der Waals surface area (Å²) in [7, 11) is 3.48. The van der Waals surface area contributed by atoms with Gasteiger partial charge in [0.1, 0.15) is 6.10 Å². The molecule has 1 atom stereocenters. The molecule has 2 heterocycles. The first-order valence-corrected chi connectivity index (χ1v) is 12.3. The second-order valence-electron chi connectivity index (χ2n) is 8.76. The Morgan fingerprint density at radius 1 is 1.13 bits per heavy atom. The summed E-state index contributed by atoms with van der Waals surface area (Å²) in [4.78, 5) is 18.6. The van der Waals surface area contributed by atoms with Gasteiger partial charge in [-0.25, -0.2) is 0 Å². The number of thiophene rings is 1. The fourth-order valence-corrected chi connectivity index (χ4v) is 5.63. The molecule has 0 bridgehead atoms. The van der Waals surface area contributed by atoms with Crippen LogP contribution < -0.4 is 9.47 Å². The molecular formula is C25H34N2O3S. The SMILES string of the molecule is COc1cc(C(=O)N(C)C(C)c2cccs2)ccc1OC1CCN(C2CCCC2)CC1. The normalized spacial score (nSPS) is 19.3. The number of amides is 1. The fraction of sp³-hybridized carbons (Fsp3) is 0.560. The van der Waals surface area contributed by atoms with Crippen LogP contribution >= 0.6 is 11.3 Å². The van der Waals surface area contributed by atoms with Crippen molar-refractivity contribution in [2.24, 2.45) is 0 Å². The quantitative estimate of drug-likeness (QED) is 0.578. The summed E-state index contributed by atoms with van der Waals surface area (Å²) >= 11 is 1.67. The maximum atomic E-state index is 13.0. The Hall–Kier alpha value is -2.05. The number of rotatable bonds is 7. The number of piperidine rings is 1. The first kappa shape index (κ1) is 22.2. The average Bonchev–Trinajstić information content (AvgIpc) is 3.53. The molecule has 1 unspecified atom stereocenters. The molecule has 2 aromatic rings. The number of benzene rings is 1. The average molecular weight is 443 g/mol. The lowest BCUT2D eigenvalue weighted by Crippen LogP contribution is -2.43. The summed E-state index contributed by atoms with van der Waals surface area (Å²) in [5, 5.41) is 2.04. The van der Waals surface area contributed by atoms with E-state index in [0.717, 1.165) is 37.7 Å². The first-order valence-electron chi connectivity index (χ1n) is 11.5. The van der Waals surface area contributed by atoms with Gasteiger partial charge in [-0.2, -0.15) is 0 Å². The van der Waals surface area contributed by atoms with Crippen LogP contribution in [0.5, 0.6) is 11.5 Å². The summed E-state index contributed by atoms with van der Waals surface area (Å²) < 4.78 is 11.9. The smallest absolute Gasteiger partial charge is 0.254 e. The van der Waals surface area contributed by atoms with Crippen LogP contribution in [0.1, 0.15) is 66.7 Å². The Balaban J connectivity index is 1.38. The van der Waals surface area contributed by atoms with E-state index in [9.17, 15) is 4.79 Å². The first-order chi connectivity index (χ1) is 15.1. The number of likely N-dealkylation sites (tertiary alicyclic amines) is 1. The number of nitrogens with zero attached hydrogens (tertiary/aromatic N) is 2. The number of carbonyl (C=O) groups is 1. The molecule has 1 aliphatic heterocycles. The molecule has 4 rings (SSSR count). The van der Waals surface area contributed by atoms with E-state index in [-0.39, 0.29) is 18.1 Å². The van der Waals surface area contributed by atoms with Crippen molar-refractivity contribution in [2.75, 3.05) is 27.2 Å². The summed E-state index contributed by atoms with van der Waals surface area (Å²) in [6.07, 6.45) is 7.76. The minimum atomic E-state index is -0.0179. The molecule has 0 spiro atoms. The third-order valence-corrected chi connectivity index (χ3v) is 7.92. The van der Waals surface area contributed by atoms with Gasteiger partial charge in [0.2, 0.25) is 0 Å². The van der Waals surface area contributed by atoms with Crippen LogP contribution in [0.2, 0.25) is 0 Å². The van der Waals surface area contributed by atoms with Crippen molar-refractivity contribution in [3.63, 3.8) is 0 Å². The molecule has 6 heteroatoms. The van der Waals surface area contributed by atoms with Crippen LogP contribution in [0.15, 0.2) is 35.7 Å². The molecule has 168 valence electrons. The number of ether oxygens (including phenoxy) is 2. The lowest BCUT2D eigenvalue weighted by atomic mass is 10.0. The molecule has 1 aromatic carbocycles.